The molecule has 1 fully saturated rings. The van der Waals surface area contributed by atoms with Gasteiger partial charge in [0, 0.05) is 37.6 Å². The molecule has 3 N–H and O–H groups in total. The zero-order valence-electron chi connectivity index (χ0n) is 18.0. The average Bonchev–Trinajstić information content (AvgIpc) is 2.60. The molecule has 0 spiro atoms. The van der Waals surface area contributed by atoms with E-state index in [0.29, 0.717) is 18.7 Å². The largest absolute Gasteiger partial charge is 0.372 e. The Morgan fingerprint density at radius 1 is 1.10 bits per heavy atom. The van der Waals surface area contributed by atoms with E-state index >= 15 is 0 Å². The van der Waals surface area contributed by atoms with Crippen molar-refractivity contribution >= 4 is 27.4 Å². The molecule has 164 valence electrons. The van der Waals surface area contributed by atoms with E-state index in [1.807, 2.05) is 24.3 Å². The number of hydrogen-bond acceptors (Lipinski definition) is 5. The minimum absolute atomic E-state index is 0.190. The summed E-state index contributed by atoms with van der Waals surface area (Å²) in [6, 6.07) is 7.41. The SMILES string of the molecule is CC1CN(c2ccc(NC(=O)NCCCNS(=O)(=O)C(C)(C)C)cc2)CC(C)O1. The summed E-state index contributed by atoms with van der Waals surface area (Å²) in [5.74, 6) is 0. The molecule has 2 atom stereocenters. The van der Waals surface area contributed by atoms with Crippen LogP contribution in [0.25, 0.3) is 0 Å². The summed E-state index contributed by atoms with van der Waals surface area (Å²) in [4.78, 5) is 14.3. The van der Waals surface area contributed by atoms with Crippen molar-refractivity contribution in [3.8, 4) is 0 Å². The fourth-order valence-corrected chi connectivity index (χ4v) is 3.88. The zero-order chi connectivity index (χ0) is 21.7. The Morgan fingerprint density at radius 2 is 1.69 bits per heavy atom. The van der Waals surface area contributed by atoms with E-state index in [-0.39, 0.29) is 24.8 Å². The number of carbonyl (C=O) groups is 1. The molecule has 1 aromatic carbocycles. The third-order valence-electron chi connectivity index (χ3n) is 4.65. The van der Waals surface area contributed by atoms with E-state index in [4.69, 9.17) is 4.74 Å². The lowest BCUT2D eigenvalue weighted by atomic mass is 10.2. The number of carbonyl (C=O) groups excluding carboxylic acids is 1. The molecule has 9 heteroatoms. The van der Waals surface area contributed by atoms with Gasteiger partial charge in [0.2, 0.25) is 10.0 Å². The molecule has 2 amide bonds. The second-order valence-corrected chi connectivity index (χ2v) is 11.0. The Bertz CT molecular complexity index is 765. The molecule has 29 heavy (non-hydrogen) atoms. The number of rotatable bonds is 7. The van der Waals surface area contributed by atoms with Gasteiger partial charge in [-0.05, 0) is 65.3 Å². The molecule has 0 bridgehead atoms. The number of anilines is 2. The molecule has 2 unspecified atom stereocenters. The van der Waals surface area contributed by atoms with Gasteiger partial charge in [-0.25, -0.2) is 17.9 Å². The van der Waals surface area contributed by atoms with Gasteiger partial charge in [-0.1, -0.05) is 0 Å². The highest BCUT2D eigenvalue weighted by Crippen LogP contribution is 2.22. The Labute approximate surface area is 174 Å². The Kier molecular flexibility index (Phi) is 7.90. The predicted octanol–water partition coefficient (Wildman–Crippen LogP) is 2.53. The lowest BCUT2D eigenvalue weighted by molar-refractivity contribution is -0.00521. The molecule has 0 radical (unpaired) electrons. The summed E-state index contributed by atoms with van der Waals surface area (Å²) in [6.45, 7) is 11.4. The molecule has 1 aliphatic heterocycles. The standard InChI is InChI=1S/C20H34N4O4S/c1-15-13-24(14-16(2)28-15)18-9-7-17(8-10-18)23-19(25)21-11-6-12-22-29(26,27)20(3,4)5/h7-10,15-16,22H,6,11-14H2,1-5H3,(H2,21,23,25). The number of amides is 2. The summed E-state index contributed by atoms with van der Waals surface area (Å²) in [6.07, 6.45) is 0.889. The molecule has 1 aromatic rings. The second kappa shape index (κ2) is 9.77. The van der Waals surface area contributed by atoms with Crippen molar-refractivity contribution in [2.45, 2.75) is 58.0 Å². The first-order valence-electron chi connectivity index (χ1n) is 10.0. The van der Waals surface area contributed by atoms with Gasteiger partial charge in [0.05, 0.1) is 17.0 Å². The van der Waals surface area contributed by atoms with Crippen LogP contribution in [0.2, 0.25) is 0 Å². The molecule has 0 saturated carbocycles. The van der Waals surface area contributed by atoms with Crippen LogP contribution in [0.4, 0.5) is 16.2 Å². The summed E-state index contributed by atoms with van der Waals surface area (Å²) in [5.41, 5.74) is 1.80. The Balaban J connectivity index is 1.73. The fraction of sp³-hybridized carbons (Fsp3) is 0.650. The summed E-state index contributed by atoms with van der Waals surface area (Å²) in [5, 5.41) is 5.52. The molecule has 2 rings (SSSR count). The first-order valence-corrected chi connectivity index (χ1v) is 11.5. The first kappa shape index (κ1) is 23.4. The third kappa shape index (κ3) is 7.17. The Morgan fingerprint density at radius 3 is 2.24 bits per heavy atom. The van der Waals surface area contributed by atoms with Crippen LogP contribution >= 0.6 is 0 Å². The van der Waals surface area contributed by atoms with Gasteiger partial charge >= 0.3 is 6.03 Å². The first-order chi connectivity index (χ1) is 13.5. The van der Waals surface area contributed by atoms with Crippen molar-refractivity contribution in [3.63, 3.8) is 0 Å². The van der Waals surface area contributed by atoms with Crippen LogP contribution in [0.15, 0.2) is 24.3 Å². The number of benzene rings is 1. The van der Waals surface area contributed by atoms with E-state index < -0.39 is 14.8 Å². The zero-order valence-corrected chi connectivity index (χ0v) is 18.8. The average molecular weight is 427 g/mol. The van der Waals surface area contributed by atoms with Gasteiger partial charge in [-0.3, -0.25) is 0 Å². The van der Waals surface area contributed by atoms with Crippen LogP contribution in [0.5, 0.6) is 0 Å². The highest BCUT2D eigenvalue weighted by molar-refractivity contribution is 7.90. The molecular weight excluding hydrogens is 392 g/mol. The quantitative estimate of drug-likeness (QED) is 0.582. The molecule has 0 aliphatic carbocycles. The summed E-state index contributed by atoms with van der Waals surface area (Å²) < 4.78 is 31.4. The van der Waals surface area contributed by atoms with Crippen molar-refractivity contribution in [3.05, 3.63) is 24.3 Å². The van der Waals surface area contributed by atoms with Gasteiger partial charge < -0.3 is 20.3 Å². The highest BCUT2D eigenvalue weighted by atomic mass is 32.2. The molecule has 0 aromatic heterocycles. The van der Waals surface area contributed by atoms with Crippen LogP contribution in [0.1, 0.15) is 41.0 Å². The third-order valence-corrected chi connectivity index (χ3v) is 6.84. The van der Waals surface area contributed by atoms with Crippen molar-refractivity contribution in [2.24, 2.45) is 0 Å². The topological polar surface area (TPSA) is 99.8 Å². The molecule has 1 heterocycles. The second-order valence-electron chi connectivity index (χ2n) is 8.45. The molecule has 1 saturated heterocycles. The Hall–Kier alpha value is -1.84. The van der Waals surface area contributed by atoms with Crippen LogP contribution in [0.3, 0.4) is 0 Å². The lowest BCUT2D eigenvalue weighted by Gasteiger charge is -2.36. The maximum absolute atomic E-state index is 12.0. The maximum atomic E-state index is 12.0. The number of nitrogens with one attached hydrogen (secondary N) is 3. The van der Waals surface area contributed by atoms with Gasteiger partial charge in [0.25, 0.3) is 0 Å². The number of sulfonamides is 1. The van der Waals surface area contributed by atoms with Crippen molar-refractivity contribution in [1.29, 1.82) is 0 Å². The fourth-order valence-electron chi connectivity index (χ4n) is 3.03. The summed E-state index contributed by atoms with van der Waals surface area (Å²) >= 11 is 0. The maximum Gasteiger partial charge on any atom is 0.319 e. The van der Waals surface area contributed by atoms with Crippen LogP contribution in [-0.4, -0.2) is 57.6 Å². The van der Waals surface area contributed by atoms with E-state index in [0.717, 1.165) is 18.8 Å². The smallest absolute Gasteiger partial charge is 0.319 e. The number of urea groups is 1. The van der Waals surface area contributed by atoms with Crippen molar-refractivity contribution in [2.75, 3.05) is 36.4 Å². The molecular formula is C20H34N4O4S. The highest BCUT2D eigenvalue weighted by Gasteiger charge is 2.28. The van der Waals surface area contributed by atoms with Gasteiger partial charge in [-0.15, -0.1) is 0 Å². The minimum atomic E-state index is -3.36. The van der Waals surface area contributed by atoms with Gasteiger partial charge in [-0.2, -0.15) is 0 Å². The van der Waals surface area contributed by atoms with Crippen LogP contribution < -0.4 is 20.3 Å². The number of nitrogens with zero attached hydrogens (tertiary/aromatic N) is 1. The number of ether oxygens (including phenoxy) is 1. The normalized spacial score (nSPS) is 20.4. The molecule has 1 aliphatic rings. The molecule has 8 nitrogen and oxygen atoms in total. The van der Waals surface area contributed by atoms with E-state index in [2.05, 4.69) is 34.1 Å². The van der Waals surface area contributed by atoms with Crippen molar-refractivity contribution < 1.29 is 17.9 Å². The van der Waals surface area contributed by atoms with Gasteiger partial charge in [0.1, 0.15) is 0 Å². The van der Waals surface area contributed by atoms with E-state index in [1.165, 1.54) is 0 Å². The van der Waals surface area contributed by atoms with Crippen LogP contribution in [0, 0.1) is 0 Å². The van der Waals surface area contributed by atoms with Crippen molar-refractivity contribution in [1.82, 2.24) is 10.0 Å². The minimum Gasteiger partial charge on any atom is -0.372 e. The number of morpholine rings is 1. The van der Waals surface area contributed by atoms with Crippen LogP contribution in [-0.2, 0) is 14.8 Å². The van der Waals surface area contributed by atoms with E-state index in [1.54, 1.807) is 20.8 Å². The predicted molar refractivity (Wildman–Crippen MR) is 117 cm³/mol. The summed E-state index contributed by atoms with van der Waals surface area (Å²) in [7, 11) is -3.36. The van der Waals surface area contributed by atoms with Gasteiger partial charge in [0.15, 0.2) is 0 Å². The number of hydrogen-bond donors (Lipinski definition) is 3. The van der Waals surface area contributed by atoms with E-state index in [9.17, 15) is 13.2 Å². The monoisotopic (exact) mass is 426 g/mol. The lowest BCUT2D eigenvalue weighted by Crippen LogP contribution is -2.45.